The minimum atomic E-state index is -3.11. The van der Waals surface area contributed by atoms with E-state index in [1.54, 1.807) is 12.1 Å². The van der Waals surface area contributed by atoms with Crippen molar-refractivity contribution in [1.82, 2.24) is 10.6 Å². The zero-order chi connectivity index (χ0) is 13.2. The third-order valence-corrected chi connectivity index (χ3v) is 4.61. The highest BCUT2D eigenvalue weighted by atomic mass is 32.2. The third-order valence-electron chi connectivity index (χ3n) is 3.48. The molecule has 0 aliphatic carbocycles. The molecule has 1 aliphatic heterocycles. The first-order chi connectivity index (χ1) is 8.52. The molecule has 1 saturated heterocycles. The second-order valence-electron chi connectivity index (χ2n) is 4.81. The molecule has 2 rings (SSSR count). The van der Waals surface area contributed by atoms with Crippen molar-refractivity contribution in [2.45, 2.75) is 29.8 Å². The quantitative estimate of drug-likeness (QED) is 0.858. The predicted molar refractivity (Wildman–Crippen MR) is 72.4 cm³/mol. The Morgan fingerprint density at radius 2 is 2.00 bits per heavy atom. The number of rotatable bonds is 4. The van der Waals surface area contributed by atoms with Gasteiger partial charge >= 0.3 is 0 Å². The van der Waals surface area contributed by atoms with Crippen LogP contribution in [0.15, 0.2) is 29.2 Å². The Kier molecular flexibility index (Phi) is 4.04. The molecule has 5 heteroatoms. The van der Waals surface area contributed by atoms with Crippen molar-refractivity contribution in [3.63, 3.8) is 0 Å². The van der Waals surface area contributed by atoms with E-state index in [4.69, 9.17) is 0 Å². The first kappa shape index (κ1) is 13.5. The average molecular weight is 268 g/mol. The molecule has 1 aromatic carbocycles. The lowest BCUT2D eigenvalue weighted by Crippen LogP contribution is -2.36. The van der Waals surface area contributed by atoms with Crippen LogP contribution in [-0.4, -0.2) is 34.3 Å². The number of nitrogens with one attached hydrogen (secondary N) is 2. The van der Waals surface area contributed by atoms with Gasteiger partial charge in [-0.15, -0.1) is 0 Å². The van der Waals surface area contributed by atoms with E-state index in [-0.39, 0.29) is 6.04 Å². The Morgan fingerprint density at radius 1 is 1.33 bits per heavy atom. The van der Waals surface area contributed by atoms with E-state index in [0.717, 1.165) is 18.5 Å². The van der Waals surface area contributed by atoms with Crippen LogP contribution < -0.4 is 10.6 Å². The van der Waals surface area contributed by atoms with Crippen LogP contribution in [0.5, 0.6) is 0 Å². The second kappa shape index (κ2) is 5.38. The zero-order valence-electron chi connectivity index (χ0n) is 10.8. The maximum atomic E-state index is 11.4. The summed E-state index contributed by atoms with van der Waals surface area (Å²) < 4.78 is 22.8. The normalized spacial score (nSPS) is 22.0. The minimum Gasteiger partial charge on any atom is -0.312 e. The molecule has 2 unspecified atom stereocenters. The molecule has 1 fully saturated rings. The van der Waals surface area contributed by atoms with Crippen molar-refractivity contribution in [1.29, 1.82) is 0 Å². The Bertz CT molecular complexity index is 490. The lowest BCUT2D eigenvalue weighted by atomic mass is 9.98. The highest BCUT2D eigenvalue weighted by molar-refractivity contribution is 7.90. The predicted octanol–water partition coefficient (Wildman–Crippen LogP) is 1.10. The SMILES string of the molecule is CNC(c1ccc(S(C)(=O)=O)cc1)C1CCCN1. The number of likely N-dealkylation sites (N-methyl/N-ethyl adjacent to an activating group) is 1. The molecular weight excluding hydrogens is 248 g/mol. The molecule has 4 nitrogen and oxygen atoms in total. The topological polar surface area (TPSA) is 58.2 Å². The fourth-order valence-corrected chi connectivity index (χ4v) is 3.15. The molecule has 0 amide bonds. The van der Waals surface area contributed by atoms with Gasteiger partial charge in [0.05, 0.1) is 4.90 Å². The van der Waals surface area contributed by atoms with Crippen LogP contribution in [0.3, 0.4) is 0 Å². The number of sulfone groups is 1. The standard InChI is InChI=1S/C13H20N2O2S/c1-14-13(12-4-3-9-15-12)10-5-7-11(8-6-10)18(2,16)17/h5-8,12-15H,3-4,9H2,1-2H3. The molecule has 0 aromatic heterocycles. The van der Waals surface area contributed by atoms with Gasteiger partial charge in [0.15, 0.2) is 9.84 Å². The van der Waals surface area contributed by atoms with Gasteiger partial charge in [0.25, 0.3) is 0 Å². The smallest absolute Gasteiger partial charge is 0.175 e. The third kappa shape index (κ3) is 2.91. The lowest BCUT2D eigenvalue weighted by Gasteiger charge is -2.23. The largest absolute Gasteiger partial charge is 0.312 e. The van der Waals surface area contributed by atoms with Gasteiger partial charge in [0.2, 0.25) is 0 Å². The maximum Gasteiger partial charge on any atom is 0.175 e. The van der Waals surface area contributed by atoms with Crippen molar-refractivity contribution in [3.05, 3.63) is 29.8 Å². The van der Waals surface area contributed by atoms with E-state index in [2.05, 4.69) is 10.6 Å². The summed E-state index contributed by atoms with van der Waals surface area (Å²) in [6.07, 6.45) is 3.58. The molecule has 0 radical (unpaired) electrons. The van der Waals surface area contributed by atoms with Crippen molar-refractivity contribution in [2.75, 3.05) is 19.8 Å². The Hall–Kier alpha value is -0.910. The molecule has 0 spiro atoms. The number of hydrogen-bond donors (Lipinski definition) is 2. The molecule has 2 N–H and O–H groups in total. The average Bonchev–Trinajstić information content (AvgIpc) is 2.83. The van der Waals surface area contributed by atoms with Crippen molar-refractivity contribution >= 4 is 9.84 Å². The molecule has 1 heterocycles. The fraction of sp³-hybridized carbons (Fsp3) is 0.538. The summed E-state index contributed by atoms with van der Waals surface area (Å²) in [5.74, 6) is 0. The molecule has 0 saturated carbocycles. The summed E-state index contributed by atoms with van der Waals surface area (Å²) in [5.41, 5.74) is 1.13. The van der Waals surface area contributed by atoms with Gasteiger partial charge < -0.3 is 10.6 Å². The highest BCUT2D eigenvalue weighted by Crippen LogP contribution is 2.23. The summed E-state index contributed by atoms with van der Waals surface area (Å²) >= 11 is 0. The van der Waals surface area contributed by atoms with Crippen molar-refractivity contribution in [2.24, 2.45) is 0 Å². The molecule has 0 bridgehead atoms. The van der Waals surface area contributed by atoms with Crippen LogP contribution >= 0.6 is 0 Å². The fourth-order valence-electron chi connectivity index (χ4n) is 2.52. The van der Waals surface area contributed by atoms with Gasteiger partial charge in [0, 0.05) is 18.3 Å². The van der Waals surface area contributed by atoms with Gasteiger partial charge in [-0.1, -0.05) is 12.1 Å². The summed E-state index contributed by atoms with van der Waals surface area (Å²) in [4.78, 5) is 0.375. The van der Waals surface area contributed by atoms with E-state index in [0.29, 0.717) is 10.9 Å². The highest BCUT2D eigenvalue weighted by Gasteiger charge is 2.24. The first-order valence-corrected chi connectivity index (χ1v) is 8.12. The van der Waals surface area contributed by atoms with E-state index < -0.39 is 9.84 Å². The summed E-state index contributed by atoms with van der Waals surface area (Å²) in [5, 5.41) is 6.78. The molecule has 2 atom stereocenters. The van der Waals surface area contributed by atoms with E-state index in [9.17, 15) is 8.42 Å². The first-order valence-electron chi connectivity index (χ1n) is 6.23. The number of hydrogen-bond acceptors (Lipinski definition) is 4. The monoisotopic (exact) mass is 268 g/mol. The van der Waals surface area contributed by atoms with Gasteiger partial charge in [-0.3, -0.25) is 0 Å². The summed E-state index contributed by atoms with van der Waals surface area (Å²) in [6.45, 7) is 1.06. The van der Waals surface area contributed by atoms with Gasteiger partial charge in [-0.2, -0.15) is 0 Å². The van der Waals surface area contributed by atoms with Gasteiger partial charge in [0.1, 0.15) is 0 Å². The van der Waals surface area contributed by atoms with Crippen LogP contribution in [-0.2, 0) is 9.84 Å². The van der Waals surface area contributed by atoms with Crippen LogP contribution in [0.2, 0.25) is 0 Å². The van der Waals surface area contributed by atoms with Crippen LogP contribution in [0, 0.1) is 0 Å². The van der Waals surface area contributed by atoms with Gasteiger partial charge in [-0.25, -0.2) is 8.42 Å². The molecule has 1 aliphatic rings. The van der Waals surface area contributed by atoms with Gasteiger partial charge in [-0.05, 0) is 44.1 Å². The zero-order valence-corrected chi connectivity index (χ0v) is 11.6. The Labute approximate surface area is 109 Å². The molecular formula is C13H20N2O2S. The van der Waals surface area contributed by atoms with Crippen LogP contribution in [0.1, 0.15) is 24.4 Å². The van der Waals surface area contributed by atoms with Crippen LogP contribution in [0.4, 0.5) is 0 Å². The molecule has 1 aromatic rings. The Morgan fingerprint density at radius 3 is 2.44 bits per heavy atom. The summed E-state index contributed by atoms with van der Waals surface area (Å²) in [7, 11) is -1.17. The maximum absolute atomic E-state index is 11.4. The molecule has 100 valence electrons. The number of benzene rings is 1. The van der Waals surface area contributed by atoms with E-state index in [1.165, 1.54) is 12.7 Å². The van der Waals surface area contributed by atoms with E-state index in [1.807, 2.05) is 19.2 Å². The minimum absolute atomic E-state index is 0.237. The lowest BCUT2D eigenvalue weighted by molar-refractivity contribution is 0.440. The Balaban J connectivity index is 2.21. The summed E-state index contributed by atoms with van der Waals surface area (Å²) in [6, 6.07) is 7.84. The van der Waals surface area contributed by atoms with Crippen molar-refractivity contribution in [3.8, 4) is 0 Å². The van der Waals surface area contributed by atoms with Crippen LogP contribution in [0.25, 0.3) is 0 Å². The van der Waals surface area contributed by atoms with Crippen molar-refractivity contribution < 1.29 is 8.42 Å². The van der Waals surface area contributed by atoms with E-state index >= 15 is 0 Å². The second-order valence-corrected chi connectivity index (χ2v) is 6.83. The molecule has 18 heavy (non-hydrogen) atoms.